The van der Waals surface area contributed by atoms with Gasteiger partial charge in [0.05, 0.1) is 10.6 Å². The smallest absolute Gasteiger partial charge is 0.253 e. The van der Waals surface area contributed by atoms with Gasteiger partial charge in [0.15, 0.2) is 0 Å². The van der Waals surface area contributed by atoms with E-state index in [4.69, 9.17) is 11.6 Å². The second kappa shape index (κ2) is 4.12. The van der Waals surface area contributed by atoms with Crippen LogP contribution in [-0.4, -0.2) is 5.91 Å². The van der Waals surface area contributed by atoms with E-state index in [1.165, 1.54) is 0 Å². The van der Waals surface area contributed by atoms with Gasteiger partial charge in [-0.2, -0.15) is 0 Å². The Morgan fingerprint density at radius 3 is 2.75 bits per heavy atom. The van der Waals surface area contributed by atoms with E-state index in [1.807, 2.05) is 0 Å². The molecule has 0 fully saturated rings. The van der Waals surface area contributed by atoms with Crippen molar-refractivity contribution in [2.24, 2.45) is 0 Å². The van der Waals surface area contributed by atoms with E-state index >= 15 is 0 Å². The number of halogens is 1. The van der Waals surface area contributed by atoms with Gasteiger partial charge in [0, 0.05) is 6.54 Å². The monoisotopic (exact) mass is 182 g/mol. The quantitative estimate of drug-likeness (QED) is 0.747. The van der Waals surface area contributed by atoms with Crippen molar-refractivity contribution in [3.05, 3.63) is 41.4 Å². The summed E-state index contributed by atoms with van der Waals surface area (Å²) in [7, 11) is 0. The van der Waals surface area contributed by atoms with Gasteiger partial charge >= 0.3 is 0 Å². The number of benzene rings is 1. The van der Waals surface area contributed by atoms with Crippen molar-refractivity contribution in [1.82, 2.24) is 5.32 Å². The number of amides is 1. The van der Waals surface area contributed by atoms with Crippen LogP contribution in [0, 0.1) is 6.54 Å². The molecule has 1 aromatic carbocycles. The maximum Gasteiger partial charge on any atom is 0.253 e. The summed E-state index contributed by atoms with van der Waals surface area (Å²) in [5.74, 6) is -0.178. The number of hydrogen-bond acceptors (Lipinski definition) is 1. The van der Waals surface area contributed by atoms with Crippen LogP contribution in [0.15, 0.2) is 24.3 Å². The molecule has 12 heavy (non-hydrogen) atoms. The molecule has 0 saturated carbocycles. The van der Waals surface area contributed by atoms with Crippen molar-refractivity contribution >= 4 is 17.5 Å². The molecule has 0 aromatic heterocycles. The highest BCUT2D eigenvalue weighted by Gasteiger charge is 2.06. The average molecular weight is 183 g/mol. The van der Waals surface area contributed by atoms with E-state index in [-0.39, 0.29) is 5.91 Å². The van der Waals surface area contributed by atoms with Gasteiger partial charge in [0.2, 0.25) is 0 Å². The first kappa shape index (κ1) is 9.07. The molecule has 0 atom stereocenters. The van der Waals surface area contributed by atoms with E-state index in [9.17, 15) is 4.79 Å². The summed E-state index contributed by atoms with van der Waals surface area (Å²) in [4.78, 5) is 11.2. The fraction of sp³-hybridized carbons (Fsp3) is 0.111. The summed E-state index contributed by atoms with van der Waals surface area (Å²) in [6.07, 6.45) is 0. The maximum atomic E-state index is 11.2. The molecule has 0 saturated heterocycles. The Morgan fingerprint density at radius 1 is 1.50 bits per heavy atom. The Hall–Kier alpha value is -1.02. The number of nitrogens with one attached hydrogen (secondary N) is 1. The third kappa shape index (κ3) is 1.98. The van der Waals surface area contributed by atoms with Crippen LogP contribution < -0.4 is 5.32 Å². The Bertz CT molecular complexity index is 286. The Balaban J connectivity index is 2.87. The molecule has 1 amide bonds. The number of hydrogen-bond donors (Lipinski definition) is 1. The van der Waals surface area contributed by atoms with Gasteiger partial charge in [-0.1, -0.05) is 23.7 Å². The fourth-order valence-electron chi connectivity index (χ4n) is 0.854. The van der Waals surface area contributed by atoms with Crippen LogP contribution in [0.3, 0.4) is 0 Å². The van der Waals surface area contributed by atoms with Crippen molar-refractivity contribution in [3.63, 3.8) is 0 Å². The normalized spacial score (nSPS) is 9.50. The van der Waals surface area contributed by atoms with Gasteiger partial charge in [0.1, 0.15) is 0 Å². The molecule has 0 unspecified atom stereocenters. The molecule has 0 aliphatic heterocycles. The first-order valence-corrected chi connectivity index (χ1v) is 3.96. The Morgan fingerprint density at radius 2 is 2.17 bits per heavy atom. The highest BCUT2D eigenvalue weighted by molar-refractivity contribution is 6.33. The van der Waals surface area contributed by atoms with E-state index in [0.717, 1.165) is 0 Å². The molecule has 0 spiro atoms. The summed E-state index contributed by atoms with van der Waals surface area (Å²) in [5, 5.41) is 3.02. The molecule has 1 N–H and O–H groups in total. The topological polar surface area (TPSA) is 29.1 Å². The minimum atomic E-state index is -0.178. The molecule has 63 valence electrons. The zero-order valence-corrected chi connectivity index (χ0v) is 7.43. The van der Waals surface area contributed by atoms with E-state index in [0.29, 0.717) is 10.6 Å². The average Bonchev–Trinajstić information content (AvgIpc) is 2.05. The molecule has 0 aliphatic carbocycles. The van der Waals surface area contributed by atoms with Crippen molar-refractivity contribution in [3.8, 4) is 0 Å². The maximum absolute atomic E-state index is 11.2. The van der Waals surface area contributed by atoms with E-state index in [1.54, 1.807) is 37.7 Å². The summed E-state index contributed by atoms with van der Waals surface area (Å²) >= 11 is 5.78. The summed E-state index contributed by atoms with van der Waals surface area (Å²) in [5.41, 5.74) is 0.497. The first-order chi connectivity index (χ1) is 5.75. The van der Waals surface area contributed by atoms with E-state index < -0.39 is 0 Å². The van der Waals surface area contributed by atoms with Crippen molar-refractivity contribution < 1.29 is 4.79 Å². The lowest BCUT2D eigenvalue weighted by molar-refractivity contribution is 0.0964. The van der Waals surface area contributed by atoms with Gasteiger partial charge in [-0.15, -0.1) is 0 Å². The standard InChI is InChI=1S/C9H9ClNO/c1-2-11-9(12)7-5-3-4-6-8(7)10/h2-6H,1H3,(H,11,12). The van der Waals surface area contributed by atoms with Crippen LogP contribution in [0.4, 0.5) is 0 Å². The third-order valence-electron chi connectivity index (χ3n) is 1.39. The van der Waals surface area contributed by atoms with Crippen molar-refractivity contribution in [2.45, 2.75) is 6.92 Å². The third-order valence-corrected chi connectivity index (χ3v) is 1.72. The molecule has 0 aliphatic rings. The molecule has 0 bridgehead atoms. The van der Waals surface area contributed by atoms with E-state index in [2.05, 4.69) is 5.32 Å². The lowest BCUT2D eigenvalue weighted by atomic mass is 10.2. The van der Waals surface area contributed by atoms with Gasteiger partial charge in [-0.3, -0.25) is 4.79 Å². The fourth-order valence-corrected chi connectivity index (χ4v) is 1.08. The predicted octanol–water partition coefficient (Wildman–Crippen LogP) is 2.25. The van der Waals surface area contributed by atoms with Crippen LogP contribution in [0.1, 0.15) is 17.3 Å². The molecule has 0 heterocycles. The zero-order chi connectivity index (χ0) is 8.97. The molecule has 1 aromatic rings. The molecular formula is C9H9ClNO. The van der Waals surface area contributed by atoms with Crippen molar-refractivity contribution in [2.75, 3.05) is 0 Å². The lowest BCUT2D eigenvalue weighted by Gasteiger charge is -2.02. The number of rotatable bonds is 2. The van der Waals surface area contributed by atoms with Gasteiger partial charge in [-0.25, -0.2) is 0 Å². The van der Waals surface area contributed by atoms with Gasteiger partial charge in [0.25, 0.3) is 5.91 Å². The van der Waals surface area contributed by atoms with Crippen molar-refractivity contribution in [1.29, 1.82) is 0 Å². The predicted molar refractivity (Wildman–Crippen MR) is 48.9 cm³/mol. The lowest BCUT2D eigenvalue weighted by Crippen LogP contribution is -2.19. The number of carbonyl (C=O) groups excluding carboxylic acids is 1. The minimum absolute atomic E-state index is 0.178. The minimum Gasteiger partial charge on any atom is -0.347 e. The van der Waals surface area contributed by atoms with Gasteiger partial charge in [-0.05, 0) is 19.1 Å². The Labute approximate surface area is 76.5 Å². The van der Waals surface area contributed by atoms with Gasteiger partial charge < -0.3 is 5.32 Å². The van der Waals surface area contributed by atoms with Crippen LogP contribution in [0.25, 0.3) is 0 Å². The highest BCUT2D eigenvalue weighted by Crippen LogP contribution is 2.14. The SMILES string of the molecule is C[CH]NC(=O)c1ccccc1Cl. The molecule has 2 nitrogen and oxygen atoms in total. The molecule has 1 rings (SSSR count). The number of carbonyl (C=O) groups is 1. The highest BCUT2D eigenvalue weighted by atomic mass is 35.5. The Kier molecular flexibility index (Phi) is 3.11. The first-order valence-electron chi connectivity index (χ1n) is 3.59. The van der Waals surface area contributed by atoms with Crippen LogP contribution >= 0.6 is 11.6 Å². The largest absolute Gasteiger partial charge is 0.347 e. The second-order valence-electron chi connectivity index (χ2n) is 2.24. The summed E-state index contributed by atoms with van der Waals surface area (Å²) < 4.78 is 0. The summed E-state index contributed by atoms with van der Waals surface area (Å²) in [6.45, 7) is 3.32. The second-order valence-corrected chi connectivity index (χ2v) is 2.65. The zero-order valence-electron chi connectivity index (χ0n) is 6.67. The van der Waals surface area contributed by atoms with Crippen LogP contribution in [-0.2, 0) is 0 Å². The molecular weight excluding hydrogens is 174 g/mol. The van der Waals surface area contributed by atoms with Crippen LogP contribution in [0.5, 0.6) is 0 Å². The van der Waals surface area contributed by atoms with Crippen LogP contribution in [0.2, 0.25) is 5.02 Å². The molecule has 1 radical (unpaired) electrons. The molecule has 3 heteroatoms. The summed E-state index contributed by atoms with van der Waals surface area (Å²) in [6, 6.07) is 6.93.